The van der Waals surface area contributed by atoms with Gasteiger partial charge in [0.15, 0.2) is 5.84 Å². The quantitative estimate of drug-likeness (QED) is 0.392. The Kier molecular flexibility index (Phi) is 4.22. The highest BCUT2D eigenvalue weighted by Crippen LogP contribution is 2.21. The van der Waals surface area contributed by atoms with Crippen LogP contribution in [0.25, 0.3) is 0 Å². The summed E-state index contributed by atoms with van der Waals surface area (Å²) in [5, 5.41) is 13.5. The van der Waals surface area contributed by atoms with Gasteiger partial charge in [-0.05, 0) is 46.3 Å². The molecule has 2 rings (SSSR count). The third-order valence-electron chi connectivity index (χ3n) is 2.26. The molecule has 0 saturated heterocycles. The van der Waals surface area contributed by atoms with Crippen LogP contribution in [-0.4, -0.2) is 11.0 Å². The number of oxime groups is 1. The Morgan fingerprint density at radius 3 is 2.67 bits per heavy atom. The lowest BCUT2D eigenvalue weighted by Crippen LogP contribution is -2.12. The second-order valence-corrected chi connectivity index (χ2v) is 5.44. The molecule has 0 aliphatic carbocycles. The van der Waals surface area contributed by atoms with Gasteiger partial charge in [-0.1, -0.05) is 5.16 Å². The van der Waals surface area contributed by atoms with E-state index >= 15 is 0 Å². The molecule has 18 heavy (non-hydrogen) atoms. The van der Waals surface area contributed by atoms with Gasteiger partial charge >= 0.3 is 0 Å². The Bertz CT molecular complexity index is 551. The van der Waals surface area contributed by atoms with Crippen LogP contribution in [0.1, 0.15) is 10.4 Å². The van der Waals surface area contributed by atoms with Crippen molar-refractivity contribution in [2.75, 3.05) is 0 Å². The molecule has 0 aliphatic rings. The topological polar surface area (TPSA) is 67.8 Å². The first kappa shape index (κ1) is 12.9. The van der Waals surface area contributed by atoms with Gasteiger partial charge in [0.1, 0.15) is 12.4 Å². The molecule has 0 unspecified atom stereocenters. The molecular weight excluding hydrogens is 316 g/mol. The fourth-order valence-electron chi connectivity index (χ4n) is 1.36. The summed E-state index contributed by atoms with van der Waals surface area (Å²) in [6.07, 6.45) is 0. The standard InChI is InChI=1S/C12H11BrN2O2S/c13-9-5-11(18-7-9)6-17-10-3-1-8(2-4-10)12(14)15-16/h1-5,7,16H,6H2,(H2,14,15). The number of nitrogens with zero attached hydrogens (tertiary/aromatic N) is 1. The van der Waals surface area contributed by atoms with E-state index in [-0.39, 0.29) is 5.84 Å². The van der Waals surface area contributed by atoms with Gasteiger partial charge in [0.25, 0.3) is 0 Å². The summed E-state index contributed by atoms with van der Waals surface area (Å²) < 4.78 is 6.68. The summed E-state index contributed by atoms with van der Waals surface area (Å²) in [4.78, 5) is 1.14. The summed E-state index contributed by atoms with van der Waals surface area (Å²) in [5.41, 5.74) is 6.12. The normalized spacial score (nSPS) is 11.5. The van der Waals surface area contributed by atoms with Gasteiger partial charge in [-0.25, -0.2) is 0 Å². The minimum Gasteiger partial charge on any atom is -0.488 e. The first-order chi connectivity index (χ1) is 8.69. The largest absolute Gasteiger partial charge is 0.488 e. The summed E-state index contributed by atoms with van der Waals surface area (Å²) >= 11 is 5.03. The number of nitrogens with two attached hydrogens (primary N) is 1. The summed E-state index contributed by atoms with van der Waals surface area (Å²) in [6, 6.07) is 9.09. The number of thiophene rings is 1. The number of benzene rings is 1. The van der Waals surface area contributed by atoms with Gasteiger partial charge in [0.05, 0.1) is 0 Å². The van der Waals surface area contributed by atoms with E-state index in [0.29, 0.717) is 12.2 Å². The van der Waals surface area contributed by atoms with Crippen LogP contribution in [0, 0.1) is 0 Å². The van der Waals surface area contributed by atoms with Gasteiger partial charge < -0.3 is 15.7 Å². The van der Waals surface area contributed by atoms with Crippen molar-refractivity contribution in [2.24, 2.45) is 10.9 Å². The Labute approximate surface area is 117 Å². The van der Waals surface area contributed by atoms with Crippen LogP contribution >= 0.6 is 27.3 Å². The summed E-state index contributed by atoms with van der Waals surface area (Å²) in [5.74, 6) is 0.831. The lowest BCUT2D eigenvalue weighted by atomic mass is 10.2. The number of rotatable bonds is 4. The van der Waals surface area contributed by atoms with Gasteiger partial charge in [-0.2, -0.15) is 0 Å². The lowest BCUT2D eigenvalue weighted by Gasteiger charge is -2.05. The average molecular weight is 327 g/mol. The molecule has 4 nitrogen and oxygen atoms in total. The number of hydrogen-bond donors (Lipinski definition) is 2. The average Bonchev–Trinajstić information content (AvgIpc) is 2.82. The van der Waals surface area contributed by atoms with Crippen LogP contribution < -0.4 is 10.5 Å². The van der Waals surface area contributed by atoms with Gasteiger partial charge in [-0.3, -0.25) is 0 Å². The Morgan fingerprint density at radius 1 is 1.39 bits per heavy atom. The van der Waals surface area contributed by atoms with Gasteiger partial charge in [0.2, 0.25) is 0 Å². The lowest BCUT2D eigenvalue weighted by molar-refractivity contribution is 0.309. The Balaban J connectivity index is 1.98. The second-order valence-electron chi connectivity index (χ2n) is 3.53. The van der Waals surface area contributed by atoms with E-state index in [1.54, 1.807) is 35.6 Å². The van der Waals surface area contributed by atoms with Gasteiger partial charge in [0, 0.05) is 20.3 Å². The second kappa shape index (κ2) is 5.88. The van der Waals surface area contributed by atoms with Crippen molar-refractivity contribution in [3.05, 3.63) is 50.6 Å². The zero-order valence-corrected chi connectivity index (χ0v) is 11.7. The molecular formula is C12H11BrN2O2S. The highest BCUT2D eigenvalue weighted by atomic mass is 79.9. The maximum Gasteiger partial charge on any atom is 0.170 e. The molecule has 0 saturated carbocycles. The van der Waals surface area contributed by atoms with Crippen molar-refractivity contribution in [1.29, 1.82) is 0 Å². The van der Waals surface area contributed by atoms with E-state index < -0.39 is 0 Å². The Hall–Kier alpha value is -1.53. The van der Waals surface area contributed by atoms with E-state index in [1.807, 2.05) is 11.4 Å². The van der Waals surface area contributed by atoms with Crippen LogP contribution in [0.2, 0.25) is 0 Å². The van der Waals surface area contributed by atoms with E-state index in [4.69, 9.17) is 15.7 Å². The molecule has 0 bridgehead atoms. The molecule has 0 amide bonds. The zero-order chi connectivity index (χ0) is 13.0. The van der Waals surface area contributed by atoms with E-state index in [2.05, 4.69) is 21.1 Å². The predicted molar refractivity (Wildman–Crippen MR) is 75.3 cm³/mol. The molecule has 3 N–H and O–H groups in total. The fourth-order valence-corrected chi connectivity index (χ4v) is 2.73. The molecule has 0 spiro atoms. The number of hydrogen-bond acceptors (Lipinski definition) is 4. The predicted octanol–water partition coefficient (Wildman–Crippen LogP) is 3.18. The molecule has 0 aliphatic heterocycles. The molecule has 0 fully saturated rings. The number of amidine groups is 1. The smallest absolute Gasteiger partial charge is 0.170 e. The van der Waals surface area contributed by atoms with Crippen molar-refractivity contribution in [3.63, 3.8) is 0 Å². The minimum absolute atomic E-state index is 0.0868. The molecule has 1 aromatic carbocycles. The van der Waals surface area contributed by atoms with E-state index in [0.717, 1.165) is 15.1 Å². The van der Waals surface area contributed by atoms with Crippen LogP contribution in [0.3, 0.4) is 0 Å². The highest BCUT2D eigenvalue weighted by Gasteiger charge is 2.01. The third-order valence-corrected chi connectivity index (χ3v) is 3.93. The first-order valence-electron chi connectivity index (χ1n) is 5.12. The van der Waals surface area contributed by atoms with Crippen molar-refractivity contribution in [2.45, 2.75) is 6.61 Å². The molecule has 0 atom stereocenters. The zero-order valence-electron chi connectivity index (χ0n) is 9.34. The van der Waals surface area contributed by atoms with Crippen molar-refractivity contribution >= 4 is 33.1 Å². The summed E-state index contributed by atoms with van der Waals surface area (Å²) in [7, 11) is 0. The van der Waals surface area contributed by atoms with Crippen LogP contribution in [-0.2, 0) is 6.61 Å². The van der Waals surface area contributed by atoms with Gasteiger partial charge in [-0.15, -0.1) is 11.3 Å². The summed E-state index contributed by atoms with van der Waals surface area (Å²) in [6.45, 7) is 0.527. The van der Waals surface area contributed by atoms with Crippen molar-refractivity contribution in [3.8, 4) is 5.75 Å². The molecule has 1 aromatic heterocycles. The van der Waals surface area contributed by atoms with E-state index in [1.165, 1.54) is 0 Å². The monoisotopic (exact) mass is 326 g/mol. The highest BCUT2D eigenvalue weighted by molar-refractivity contribution is 9.10. The van der Waals surface area contributed by atoms with Crippen molar-refractivity contribution in [1.82, 2.24) is 0 Å². The number of halogens is 1. The van der Waals surface area contributed by atoms with Crippen LogP contribution in [0.5, 0.6) is 5.75 Å². The molecule has 6 heteroatoms. The van der Waals surface area contributed by atoms with Crippen LogP contribution in [0.15, 0.2) is 45.3 Å². The molecule has 2 aromatic rings. The van der Waals surface area contributed by atoms with E-state index in [9.17, 15) is 0 Å². The SMILES string of the molecule is NC(=NO)c1ccc(OCc2cc(Br)cs2)cc1. The number of ether oxygens (including phenoxy) is 1. The molecule has 0 radical (unpaired) electrons. The minimum atomic E-state index is 0.0868. The van der Waals surface area contributed by atoms with Crippen molar-refractivity contribution < 1.29 is 9.94 Å². The Morgan fingerprint density at radius 2 is 2.11 bits per heavy atom. The maximum absolute atomic E-state index is 8.54. The molecule has 1 heterocycles. The molecule has 94 valence electrons. The first-order valence-corrected chi connectivity index (χ1v) is 6.80. The fraction of sp³-hybridized carbons (Fsp3) is 0.0833. The third kappa shape index (κ3) is 3.24. The maximum atomic E-state index is 8.54. The van der Waals surface area contributed by atoms with Crippen LogP contribution in [0.4, 0.5) is 0 Å².